The van der Waals surface area contributed by atoms with Crippen molar-refractivity contribution in [3.8, 4) is 0 Å². The number of aromatic amines is 1. The summed E-state index contributed by atoms with van der Waals surface area (Å²) in [6.07, 6.45) is 1.40. The third kappa shape index (κ3) is 2.65. The Hall–Kier alpha value is -2.34. The van der Waals surface area contributed by atoms with E-state index in [1.165, 1.54) is 13.1 Å². The molecule has 0 fully saturated rings. The van der Waals surface area contributed by atoms with E-state index in [9.17, 15) is 14.4 Å². The van der Waals surface area contributed by atoms with Crippen LogP contribution in [-0.2, 0) is 9.59 Å². The average Bonchev–Trinajstić information content (AvgIpc) is 2.80. The van der Waals surface area contributed by atoms with Crippen LogP contribution in [0.15, 0.2) is 24.4 Å². The number of aliphatic carboxylic acids is 1. The van der Waals surface area contributed by atoms with Gasteiger partial charge in [-0.2, -0.15) is 0 Å². The maximum Gasteiger partial charge on any atom is 0.325 e. The standard InChI is InChI=1S/C13H11ClN2O4/c1-6(13(19)20)16-12(18)11(17)9-5-15-10-3-2-7(14)4-8(9)10/h2-6,15H,1H3,(H,16,18)(H,19,20)/t6-/m0/s1. The Morgan fingerprint density at radius 1 is 1.35 bits per heavy atom. The third-order valence-corrected chi connectivity index (χ3v) is 3.05. The van der Waals surface area contributed by atoms with Crippen molar-refractivity contribution < 1.29 is 19.5 Å². The monoisotopic (exact) mass is 294 g/mol. The zero-order valence-electron chi connectivity index (χ0n) is 10.4. The quantitative estimate of drug-likeness (QED) is 0.589. The van der Waals surface area contributed by atoms with Gasteiger partial charge >= 0.3 is 5.97 Å². The number of carbonyl (C=O) groups is 3. The van der Waals surface area contributed by atoms with Crippen molar-refractivity contribution in [1.29, 1.82) is 0 Å². The number of Topliss-reactive ketones (excluding diaryl/α,β-unsaturated/α-hetero) is 1. The Morgan fingerprint density at radius 3 is 2.70 bits per heavy atom. The molecule has 0 aliphatic carbocycles. The summed E-state index contributed by atoms with van der Waals surface area (Å²) in [4.78, 5) is 37.2. The minimum absolute atomic E-state index is 0.151. The fourth-order valence-corrected chi connectivity index (χ4v) is 1.90. The smallest absolute Gasteiger partial charge is 0.325 e. The first-order chi connectivity index (χ1) is 9.40. The molecule has 1 heterocycles. The van der Waals surface area contributed by atoms with E-state index in [2.05, 4.69) is 10.3 Å². The topological polar surface area (TPSA) is 99.3 Å². The molecule has 0 aliphatic heterocycles. The molecule has 3 N–H and O–H groups in total. The minimum atomic E-state index is -1.21. The van der Waals surface area contributed by atoms with Crippen molar-refractivity contribution in [3.63, 3.8) is 0 Å². The van der Waals surface area contributed by atoms with Gasteiger partial charge < -0.3 is 15.4 Å². The van der Waals surface area contributed by atoms with Crippen LogP contribution in [0.5, 0.6) is 0 Å². The van der Waals surface area contributed by atoms with E-state index in [4.69, 9.17) is 16.7 Å². The number of fused-ring (bicyclic) bond motifs is 1. The van der Waals surface area contributed by atoms with Gasteiger partial charge in [-0.3, -0.25) is 14.4 Å². The maximum absolute atomic E-state index is 12.0. The summed E-state index contributed by atoms with van der Waals surface area (Å²) in [6, 6.07) is 3.77. The van der Waals surface area contributed by atoms with Gasteiger partial charge in [0.2, 0.25) is 0 Å². The highest BCUT2D eigenvalue weighted by Gasteiger charge is 2.23. The number of carbonyl (C=O) groups excluding carboxylic acids is 2. The normalized spacial score (nSPS) is 12.1. The fourth-order valence-electron chi connectivity index (χ4n) is 1.73. The molecule has 0 radical (unpaired) electrons. The van der Waals surface area contributed by atoms with Gasteiger partial charge in [0, 0.05) is 22.1 Å². The number of ketones is 1. The molecule has 104 valence electrons. The van der Waals surface area contributed by atoms with Gasteiger partial charge in [0.25, 0.3) is 11.7 Å². The van der Waals surface area contributed by atoms with E-state index in [0.717, 1.165) is 0 Å². The number of nitrogens with one attached hydrogen (secondary N) is 2. The molecule has 1 aromatic heterocycles. The molecule has 1 atom stereocenters. The number of amides is 1. The van der Waals surface area contributed by atoms with Crippen LogP contribution in [0.3, 0.4) is 0 Å². The van der Waals surface area contributed by atoms with Crippen LogP contribution < -0.4 is 5.32 Å². The Morgan fingerprint density at radius 2 is 2.05 bits per heavy atom. The van der Waals surface area contributed by atoms with Crippen LogP contribution in [0, 0.1) is 0 Å². The van der Waals surface area contributed by atoms with Crippen LogP contribution in [0.4, 0.5) is 0 Å². The summed E-state index contributed by atoms with van der Waals surface area (Å²) < 4.78 is 0. The number of aromatic nitrogens is 1. The van der Waals surface area contributed by atoms with Gasteiger partial charge in [-0.25, -0.2) is 0 Å². The van der Waals surface area contributed by atoms with Crippen molar-refractivity contribution in [3.05, 3.63) is 35.0 Å². The van der Waals surface area contributed by atoms with E-state index in [1.54, 1.807) is 18.2 Å². The van der Waals surface area contributed by atoms with Crippen molar-refractivity contribution in [2.24, 2.45) is 0 Å². The van der Waals surface area contributed by atoms with Crippen LogP contribution in [0.25, 0.3) is 10.9 Å². The molecule has 1 amide bonds. The zero-order chi connectivity index (χ0) is 14.9. The Kier molecular flexibility index (Phi) is 3.76. The van der Waals surface area contributed by atoms with Crippen molar-refractivity contribution in [1.82, 2.24) is 10.3 Å². The summed E-state index contributed by atoms with van der Waals surface area (Å²) in [5.74, 6) is -3.00. The number of carboxylic acid groups (broad SMARTS) is 1. The molecular formula is C13H11ClN2O4. The second-order valence-electron chi connectivity index (χ2n) is 4.25. The molecule has 20 heavy (non-hydrogen) atoms. The van der Waals surface area contributed by atoms with Crippen molar-refractivity contribution in [2.75, 3.05) is 0 Å². The lowest BCUT2D eigenvalue weighted by atomic mass is 10.1. The first-order valence-corrected chi connectivity index (χ1v) is 6.12. The fraction of sp³-hybridized carbons (Fsp3) is 0.154. The summed E-state index contributed by atoms with van der Waals surface area (Å²) in [7, 11) is 0. The number of halogens is 1. The first kappa shape index (κ1) is 14.1. The minimum Gasteiger partial charge on any atom is -0.480 e. The lowest BCUT2D eigenvalue weighted by molar-refractivity contribution is -0.140. The predicted octanol–water partition coefficient (Wildman–Crippen LogP) is 1.59. The molecule has 0 aliphatic rings. The van der Waals surface area contributed by atoms with E-state index < -0.39 is 23.7 Å². The molecule has 6 nitrogen and oxygen atoms in total. The highest BCUT2D eigenvalue weighted by molar-refractivity contribution is 6.45. The number of hydrogen-bond acceptors (Lipinski definition) is 3. The number of benzene rings is 1. The van der Waals surface area contributed by atoms with Gasteiger partial charge in [0.1, 0.15) is 6.04 Å². The van der Waals surface area contributed by atoms with Gasteiger partial charge in [0.05, 0.1) is 5.56 Å². The van der Waals surface area contributed by atoms with E-state index >= 15 is 0 Å². The first-order valence-electron chi connectivity index (χ1n) is 5.75. The molecule has 0 saturated carbocycles. The summed E-state index contributed by atoms with van der Waals surface area (Å²) >= 11 is 5.85. The molecule has 1 aromatic carbocycles. The Labute approximate surface area is 118 Å². The van der Waals surface area contributed by atoms with Crippen LogP contribution in [-0.4, -0.2) is 33.8 Å². The predicted molar refractivity (Wildman–Crippen MR) is 72.9 cm³/mol. The molecule has 0 bridgehead atoms. The number of H-pyrrole nitrogens is 1. The molecule has 7 heteroatoms. The van der Waals surface area contributed by atoms with Crippen molar-refractivity contribution in [2.45, 2.75) is 13.0 Å². The number of rotatable bonds is 4. The molecule has 0 saturated heterocycles. The van der Waals surface area contributed by atoms with Crippen LogP contribution >= 0.6 is 11.6 Å². The van der Waals surface area contributed by atoms with Crippen LogP contribution in [0.1, 0.15) is 17.3 Å². The molecule has 2 aromatic rings. The Bertz CT molecular complexity index is 707. The summed E-state index contributed by atoms with van der Waals surface area (Å²) in [6.45, 7) is 1.28. The van der Waals surface area contributed by atoms with Gasteiger partial charge in [-0.05, 0) is 25.1 Å². The second-order valence-corrected chi connectivity index (χ2v) is 4.69. The maximum atomic E-state index is 12.0. The Balaban J connectivity index is 2.29. The zero-order valence-corrected chi connectivity index (χ0v) is 11.2. The van der Waals surface area contributed by atoms with E-state index in [0.29, 0.717) is 15.9 Å². The molecular weight excluding hydrogens is 284 g/mol. The van der Waals surface area contributed by atoms with Crippen molar-refractivity contribution >= 4 is 40.2 Å². The van der Waals surface area contributed by atoms with E-state index in [1.807, 2.05) is 0 Å². The van der Waals surface area contributed by atoms with Gasteiger partial charge in [-0.1, -0.05) is 11.6 Å². The van der Waals surface area contributed by atoms with Crippen LogP contribution in [0.2, 0.25) is 5.02 Å². The number of carboxylic acids is 1. The summed E-state index contributed by atoms with van der Waals surface area (Å²) in [5, 5.41) is 11.8. The third-order valence-electron chi connectivity index (χ3n) is 2.81. The number of hydrogen-bond donors (Lipinski definition) is 3. The highest BCUT2D eigenvalue weighted by atomic mass is 35.5. The molecule has 0 unspecified atom stereocenters. The molecule has 2 rings (SSSR count). The highest BCUT2D eigenvalue weighted by Crippen LogP contribution is 2.22. The summed E-state index contributed by atoms with van der Waals surface area (Å²) in [5.41, 5.74) is 0.814. The SMILES string of the molecule is C[C@H](NC(=O)C(=O)c1c[nH]c2ccc(Cl)cc12)C(=O)O. The second kappa shape index (κ2) is 5.34. The largest absolute Gasteiger partial charge is 0.480 e. The van der Waals surface area contributed by atoms with Gasteiger partial charge in [-0.15, -0.1) is 0 Å². The lowest BCUT2D eigenvalue weighted by Crippen LogP contribution is -2.41. The molecule has 0 spiro atoms. The lowest BCUT2D eigenvalue weighted by Gasteiger charge is -2.07. The van der Waals surface area contributed by atoms with Gasteiger partial charge in [0.15, 0.2) is 0 Å². The average molecular weight is 295 g/mol. The van der Waals surface area contributed by atoms with E-state index in [-0.39, 0.29) is 5.56 Å².